The van der Waals surface area contributed by atoms with E-state index < -0.39 is 11.6 Å². The molecule has 38 heavy (non-hydrogen) atoms. The summed E-state index contributed by atoms with van der Waals surface area (Å²) in [6.07, 6.45) is 0. The zero-order valence-corrected chi connectivity index (χ0v) is 30.8. The van der Waals surface area contributed by atoms with Crippen LogP contribution in [0, 0.1) is 14.3 Å². The van der Waals surface area contributed by atoms with E-state index in [4.69, 9.17) is 60.6 Å². The Morgan fingerprint density at radius 3 is 2.11 bits per heavy atom. The zero-order valence-electron chi connectivity index (χ0n) is 19.2. The number of fused-ring (bicyclic) bond motifs is 2. The maximum Gasteiger partial charge on any atom is 0.375 e. The van der Waals surface area contributed by atoms with E-state index in [1.807, 2.05) is 90.4 Å². The second kappa shape index (κ2) is 11.6. The Balaban J connectivity index is 2.28. The molecule has 0 atom stereocenters. The smallest absolute Gasteiger partial charge is 0.375 e. The van der Waals surface area contributed by atoms with Crippen LogP contribution < -0.4 is 5.43 Å². The lowest BCUT2D eigenvalue weighted by atomic mass is 9.90. The summed E-state index contributed by atoms with van der Waals surface area (Å²) in [5.74, 6) is -0.747. The van der Waals surface area contributed by atoms with Crippen LogP contribution in [-0.4, -0.2) is 16.7 Å². The number of halogens is 8. The number of phenolic OH excluding ortho intramolecular Hbond substituents is 1. The number of hydrogen-bond donors (Lipinski definition) is 1. The molecule has 1 aliphatic heterocycles. The average molecular weight is 1050 g/mol. The van der Waals surface area contributed by atoms with E-state index in [0.29, 0.717) is 30.8 Å². The Morgan fingerprint density at radius 1 is 0.895 bits per heavy atom. The van der Waals surface area contributed by atoms with Crippen molar-refractivity contribution in [2.75, 3.05) is 0 Å². The van der Waals surface area contributed by atoms with Gasteiger partial charge in [0.2, 0.25) is 5.43 Å². The molecule has 0 spiro atoms. The van der Waals surface area contributed by atoms with Gasteiger partial charge in [0.15, 0.2) is 11.3 Å². The number of phenols is 1. The Bertz CT molecular complexity index is 1700. The van der Waals surface area contributed by atoms with Gasteiger partial charge in [-0.05, 0) is 123 Å². The number of benzene rings is 3. The van der Waals surface area contributed by atoms with Gasteiger partial charge in [-0.25, -0.2) is 4.79 Å². The summed E-state index contributed by atoms with van der Waals surface area (Å²) >= 11 is 34.0. The number of carbonyl (C=O) groups is 1. The van der Waals surface area contributed by atoms with Crippen LogP contribution in [0.25, 0.3) is 33.4 Å². The van der Waals surface area contributed by atoms with E-state index in [-0.39, 0.29) is 53.7 Å². The molecule has 0 unspecified atom stereocenters. The molecule has 14 heteroatoms. The Kier molecular flexibility index (Phi) is 9.59. The Labute approximate surface area is 290 Å². The number of hydrogen-bond acceptors (Lipinski definition) is 6. The van der Waals surface area contributed by atoms with Crippen LogP contribution in [0.1, 0.15) is 31.1 Å². The van der Waals surface area contributed by atoms with E-state index in [1.54, 1.807) is 32.9 Å². The van der Waals surface area contributed by atoms with Gasteiger partial charge in [0.05, 0.1) is 36.4 Å². The number of rotatable bonds is 3. The highest BCUT2D eigenvalue weighted by molar-refractivity contribution is 14.1. The van der Waals surface area contributed by atoms with Gasteiger partial charge in [-0.1, -0.05) is 46.4 Å². The second-order valence-corrected chi connectivity index (χ2v) is 14.8. The van der Waals surface area contributed by atoms with Crippen LogP contribution in [-0.2, 0) is 9.78 Å². The summed E-state index contributed by atoms with van der Waals surface area (Å²) < 4.78 is 7.79. The molecular weight excluding hydrogens is 1030 g/mol. The molecule has 1 aliphatic carbocycles. The third-order valence-electron chi connectivity index (χ3n) is 5.11. The molecule has 0 amide bonds. The quantitative estimate of drug-likeness (QED) is 0.0550. The van der Waals surface area contributed by atoms with Gasteiger partial charge in [0.25, 0.3) is 0 Å². The van der Waals surface area contributed by atoms with E-state index in [0.717, 1.165) is 0 Å². The molecule has 0 fully saturated rings. The Hall–Kier alpha value is 0.440. The predicted molar refractivity (Wildman–Crippen MR) is 183 cm³/mol. The van der Waals surface area contributed by atoms with Crippen molar-refractivity contribution in [2.45, 2.75) is 26.4 Å². The van der Waals surface area contributed by atoms with Crippen LogP contribution >= 0.6 is 137 Å². The van der Waals surface area contributed by atoms with Crippen molar-refractivity contribution >= 4 is 154 Å². The molecule has 6 nitrogen and oxygen atoms in total. The minimum Gasteiger partial charge on any atom is -0.506 e. The summed E-state index contributed by atoms with van der Waals surface area (Å²) in [6.45, 7) is 5.10. The van der Waals surface area contributed by atoms with E-state index in [9.17, 15) is 14.7 Å². The molecular formula is C24H12Cl4I4O6. The lowest BCUT2D eigenvalue weighted by Crippen LogP contribution is -2.22. The average Bonchev–Trinajstić information content (AvgIpc) is 2.84. The minimum atomic E-state index is -0.963. The van der Waals surface area contributed by atoms with E-state index >= 15 is 0 Å². The van der Waals surface area contributed by atoms with Gasteiger partial charge in [0, 0.05) is 22.1 Å². The molecule has 200 valence electrons. The fourth-order valence-corrected chi connectivity index (χ4v) is 8.13. The fraction of sp³-hybridized carbons (Fsp3) is 0.167. The zero-order chi connectivity index (χ0) is 28.4. The Morgan fingerprint density at radius 2 is 1.50 bits per heavy atom. The maximum absolute atomic E-state index is 13.5. The third-order valence-corrected chi connectivity index (χ3v) is 10.5. The first kappa shape index (κ1) is 31.4. The van der Waals surface area contributed by atoms with Crippen molar-refractivity contribution in [1.82, 2.24) is 0 Å². The summed E-state index contributed by atoms with van der Waals surface area (Å²) in [4.78, 5) is 36.7. The summed E-state index contributed by atoms with van der Waals surface area (Å²) in [5, 5.41) is 10.6. The standard InChI is InChI=1S/C24H12Cl4I4O6/c1-24(2,3)38-37-23(35)12-11(13(25)15(27)16(28)14(12)26)10-6-4-8(29)19(33)17(31)21(6)36-22-7(10)5-9(30)20(34)18(22)32/h4-5,33H,1-3H3. The highest BCUT2D eigenvalue weighted by Crippen LogP contribution is 2.52. The van der Waals surface area contributed by atoms with Crippen molar-refractivity contribution < 1.29 is 24.1 Å². The van der Waals surface area contributed by atoms with Crippen LogP contribution in [0.2, 0.25) is 20.1 Å². The van der Waals surface area contributed by atoms with Gasteiger partial charge in [-0.3, -0.25) is 9.68 Å². The van der Waals surface area contributed by atoms with Crippen molar-refractivity contribution in [2.24, 2.45) is 0 Å². The molecule has 2 aromatic carbocycles. The molecule has 1 heterocycles. The fourth-order valence-electron chi connectivity index (χ4n) is 3.53. The predicted octanol–water partition coefficient (Wildman–Crippen LogP) is 10.2. The van der Waals surface area contributed by atoms with Crippen LogP contribution in [0.15, 0.2) is 21.3 Å². The van der Waals surface area contributed by atoms with E-state index in [2.05, 4.69) is 0 Å². The van der Waals surface area contributed by atoms with Gasteiger partial charge in [-0.2, -0.15) is 4.89 Å². The topological polar surface area (TPSA) is 86.0 Å². The molecule has 4 rings (SSSR count). The largest absolute Gasteiger partial charge is 0.506 e. The molecule has 2 aromatic rings. The second-order valence-electron chi connectivity index (χ2n) is 8.83. The third kappa shape index (κ3) is 5.60. The van der Waals surface area contributed by atoms with Crippen molar-refractivity contribution in [3.8, 4) is 28.2 Å². The summed E-state index contributed by atoms with van der Waals surface area (Å²) in [5.41, 5.74) is -0.0813. The normalized spacial score (nSPS) is 12.0. The van der Waals surface area contributed by atoms with Crippen LogP contribution in [0.4, 0.5) is 0 Å². The lowest BCUT2D eigenvalue weighted by Gasteiger charge is -2.23. The number of carbonyl (C=O) groups excluding carboxylic acids is 1. The van der Waals surface area contributed by atoms with Crippen LogP contribution in [0.5, 0.6) is 5.75 Å². The van der Waals surface area contributed by atoms with Gasteiger partial charge in [-0.15, -0.1) is 0 Å². The molecule has 0 saturated carbocycles. The molecule has 0 bridgehead atoms. The molecule has 0 aromatic heterocycles. The highest BCUT2D eigenvalue weighted by atomic mass is 127. The molecule has 1 N–H and O–H groups in total. The highest BCUT2D eigenvalue weighted by Gasteiger charge is 2.34. The molecule has 0 radical (unpaired) electrons. The first-order chi connectivity index (χ1) is 17.6. The minimum absolute atomic E-state index is 0.00732. The SMILES string of the molecule is CC(C)(C)OOC(=O)c1c(Cl)c(Cl)c(Cl)c(Cl)c1-c1c2cc(I)c(=O)c(I)c-2oc2c(I)c(O)c(I)cc12. The number of aromatic hydroxyl groups is 1. The van der Waals surface area contributed by atoms with Gasteiger partial charge >= 0.3 is 5.97 Å². The van der Waals surface area contributed by atoms with Gasteiger partial charge in [0.1, 0.15) is 14.9 Å². The van der Waals surface area contributed by atoms with Crippen molar-refractivity contribution in [3.05, 3.63) is 62.3 Å². The first-order valence-corrected chi connectivity index (χ1v) is 16.1. The van der Waals surface area contributed by atoms with Gasteiger partial charge < -0.3 is 9.52 Å². The molecule has 2 aliphatic rings. The first-order valence-electron chi connectivity index (χ1n) is 10.3. The summed E-state index contributed by atoms with van der Waals surface area (Å²) in [6, 6.07) is 3.29. The monoisotopic (exact) mass is 1040 g/mol. The summed E-state index contributed by atoms with van der Waals surface area (Å²) in [7, 11) is 0. The lowest BCUT2D eigenvalue weighted by molar-refractivity contribution is -0.301. The van der Waals surface area contributed by atoms with E-state index in [1.165, 1.54) is 0 Å². The maximum atomic E-state index is 13.5. The van der Waals surface area contributed by atoms with Crippen LogP contribution in [0.3, 0.4) is 0 Å². The van der Waals surface area contributed by atoms with Crippen molar-refractivity contribution in [1.29, 1.82) is 0 Å². The van der Waals surface area contributed by atoms with Crippen molar-refractivity contribution in [3.63, 3.8) is 0 Å². The molecule has 0 saturated heterocycles.